The first-order valence-corrected chi connectivity index (χ1v) is 5.09. The monoisotopic (exact) mass is 215 g/mol. The average molecular weight is 215 g/mol. The van der Waals surface area contributed by atoms with E-state index in [1.54, 1.807) is 11.4 Å². The average Bonchev–Trinajstić information content (AvgIpc) is 2.68. The lowest BCUT2D eigenvalue weighted by molar-refractivity contribution is 0.0604. The molecule has 1 rings (SSSR count). The standard InChI is InChI=1S/C9H13NO3S/c1-13-9(12)8-7(2-3-14-8)6(4-10)5-11/h2-3,6,11H,4-5,10H2,1H3. The number of esters is 1. The van der Waals surface area contributed by atoms with E-state index in [9.17, 15) is 4.79 Å². The summed E-state index contributed by atoms with van der Waals surface area (Å²) in [5.74, 6) is -0.558. The zero-order chi connectivity index (χ0) is 10.6. The molecule has 0 aromatic carbocycles. The van der Waals surface area contributed by atoms with Crippen LogP contribution in [0.2, 0.25) is 0 Å². The largest absolute Gasteiger partial charge is 0.465 e. The minimum Gasteiger partial charge on any atom is -0.465 e. The molecule has 0 aliphatic carbocycles. The molecule has 0 fully saturated rings. The number of thiophene rings is 1. The molecule has 0 spiro atoms. The van der Waals surface area contributed by atoms with Crippen molar-refractivity contribution < 1.29 is 14.6 Å². The van der Waals surface area contributed by atoms with Gasteiger partial charge in [-0.05, 0) is 17.0 Å². The predicted octanol–water partition coefficient (Wildman–Crippen LogP) is 0.569. The predicted molar refractivity (Wildman–Crippen MR) is 54.5 cm³/mol. The van der Waals surface area contributed by atoms with Crippen LogP contribution in [-0.2, 0) is 4.74 Å². The summed E-state index contributed by atoms with van der Waals surface area (Å²) in [6.07, 6.45) is 0. The van der Waals surface area contributed by atoms with Crippen molar-refractivity contribution in [3.63, 3.8) is 0 Å². The van der Waals surface area contributed by atoms with Crippen LogP contribution in [0.4, 0.5) is 0 Å². The Labute approximate surface area is 86.3 Å². The second kappa shape index (κ2) is 5.09. The maximum Gasteiger partial charge on any atom is 0.348 e. The number of methoxy groups -OCH3 is 1. The van der Waals surface area contributed by atoms with Crippen molar-refractivity contribution in [2.45, 2.75) is 5.92 Å². The van der Waals surface area contributed by atoms with Crippen LogP contribution in [0, 0.1) is 0 Å². The van der Waals surface area contributed by atoms with Gasteiger partial charge in [0.15, 0.2) is 0 Å². The molecule has 4 nitrogen and oxygen atoms in total. The number of carbonyl (C=O) groups excluding carboxylic acids is 1. The highest BCUT2D eigenvalue weighted by atomic mass is 32.1. The highest BCUT2D eigenvalue weighted by molar-refractivity contribution is 7.12. The van der Waals surface area contributed by atoms with Crippen LogP contribution in [0.1, 0.15) is 21.2 Å². The molecule has 1 unspecified atom stereocenters. The Hall–Kier alpha value is -0.910. The molecule has 5 heteroatoms. The lowest BCUT2D eigenvalue weighted by Gasteiger charge is -2.11. The summed E-state index contributed by atoms with van der Waals surface area (Å²) < 4.78 is 4.62. The Kier molecular flexibility index (Phi) is 4.06. The van der Waals surface area contributed by atoms with Gasteiger partial charge in [-0.25, -0.2) is 4.79 Å². The Morgan fingerprint density at radius 3 is 3.00 bits per heavy atom. The van der Waals surface area contributed by atoms with Crippen LogP contribution in [-0.4, -0.2) is 31.3 Å². The number of nitrogens with two attached hydrogens (primary N) is 1. The molecule has 78 valence electrons. The van der Waals surface area contributed by atoms with E-state index in [-0.39, 0.29) is 18.5 Å². The maximum atomic E-state index is 11.3. The van der Waals surface area contributed by atoms with Crippen LogP contribution in [0.15, 0.2) is 11.4 Å². The number of rotatable bonds is 4. The van der Waals surface area contributed by atoms with Crippen LogP contribution in [0.3, 0.4) is 0 Å². The van der Waals surface area contributed by atoms with Gasteiger partial charge in [-0.2, -0.15) is 0 Å². The third-order valence-corrected chi connectivity index (χ3v) is 2.92. The maximum absolute atomic E-state index is 11.3. The fourth-order valence-corrected chi connectivity index (χ4v) is 2.10. The zero-order valence-corrected chi connectivity index (χ0v) is 8.71. The summed E-state index contributed by atoms with van der Waals surface area (Å²) in [7, 11) is 1.34. The van der Waals surface area contributed by atoms with E-state index >= 15 is 0 Å². The summed E-state index contributed by atoms with van der Waals surface area (Å²) in [4.78, 5) is 11.8. The Morgan fingerprint density at radius 2 is 2.50 bits per heavy atom. The molecule has 1 aromatic heterocycles. The molecule has 1 atom stereocenters. The summed E-state index contributed by atoms with van der Waals surface area (Å²) in [6.45, 7) is 0.258. The molecular formula is C9H13NO3S. The molecule has 0 radical (unpaired) electrons. The van der Waals surface area contributed by atoms with Crippen LogP contribution >= 0.6 is 11.3 Å². The Bertz CT molecular complexity index is 307. The highest BCUT2D eigenvalue weighted by Crippen LogP contribution is 2.24. The lowest BCUT2D eigenvalue weighted by atomic mass is 10.0. The van der Waals surface area contributed by atoms with Crippen molar-refractivity contribution in [3.8, 4) is 0 Å². The van der Waals surface area contributed by atoms with Crippen LogP contribution < -0.4 is 5.73 Å². The minimum absolute atomic E-state index is 0.0583. The van der Waals surface area contributed by atoms with E-state index in [1.165, 1.54) is 18.4 Å². The van der Waals surface area contributed by atoms with Gasteiger partial charge in [0, 0.05) is 12.5 Å². The van der Waals surface area contributed by atoms with Gasteiger partial charge in [-0.15, -0.1) is 11.3 Å². The third kappa shape index (κ3) is 2.12. The van der Waals surface area contributed by atoms with Gasteiger partial charge < -0.3 is 15.6 Å². The zero-order valence-electron chi connectivity index (χ0n) is 7.90. The first kappa shape index (κ1) is 11.2. The van der Waals surface area contributed by atoms with Crippen molar-refractivity contribution in [2.24, 2.45) is 5.73 Å². The van der Waals surface area contributed by atoms with Crippen LogP contribution in [0.5, 0.6) is 0 Å². The number of ether oxygens (including phenoxy) is 1. The van der Waals surface area contributed by atoms with E-state index in [4.69, 9.17) is 10.8 Å². The molecule has 0 aliphatic rings. The van der Waals surface area contributed by atoms with Crippen molar-refractivity contribution in [1.29, 1.82) is 0 Å². The Morgan fingerprint density at radius 1 is 1.79 bits per heavy atom. The van der Waals surface area contributed by atoms with Crippen molar-refractivity contribution >= 4 is 17.3 Å². The van der Waals surface area contributed by atoms with Crippen LogP contribution in [0.25, 0.3) is 0 Å². The first-order valence-electron chi connectivity index (χ1n) is 4.21. The summed E-state index contributed by atoms with van der Waals surface area (Å²) in [6, 6.07) is 1.80. The van der Waals surface area contributed by atoms with Crippen molar-refractivity contribution in [2.75, 3.05) is 20.3 Å². The third-order valence-electron chi connectivity index (χ3n) is 2.01. The fourth-order valence-electron chi connectivity index (χ4n) is 1.20. The van der Waals surface area contributed by atoms with Gasteiger partial charge in [0.25, 0.3) is 0 Å². The number of aliphatic hydroxyl groups excluding tert-OH is 1. The molecule has 0 bridgehead atoms. The molecule has 14 heavy (non-hydrogen) atoms. The second-order valence-electron chi connectivity index (χ2n) is 2.81. The lowest BCUT2D eigenvalue weighted by Crippen LogP contribution is -2.18. The number of aliphatic hydroxyl groups is 1. The number of carbonyl (C=O) groups is 1. The van der Waals surface area contributed by atoms with Gasteiger partial charge in [-0.3, -0.25) is 0 Å². The van der Waals surface area contributed by atoms with Gasteiger partial charge in [0.1, 0.15) is 4.88 Å². The van der Waals surface area contributed by atoms with E-state index < -0.39 is 0 Å². The van der Waals surface area contributed by atoms with Gasteiger partial charge in [0.2, 0.25) is 0 Å². The highest BCUT2D eigenvalue weighted by Gasteiger charge is 2.19. The quantitative estimate of drug-likeness (QED) is 0.720. The van der Waals surface area contributed by atoms with E-state index in [0.29, 0.717) is 11.4 Å². The topological polar surface area (TPSA) is 72.5 Å². The molecule has 3 N–H and O–H groups in total. The minimum atomic E-state index is -0.373. The van der Waals surface area contributed by atoms with Crippen molar-refractivity contribution in [1.82, 2.24) is 0 Å². The normalized spacial score (nSPS) is 12.5. The first-order chi connectivity index (χ1) is 6.74. The van der Waals surface area contributed by atoms with E-state index in [2.05, 4.69) is 4.74 Å². The van der Waals surface area contributed by atoms with E-state index in [0.717, 1.165) is 5.56 Å². The summed E-state index contributed by atoms with van der Waals surface area (Å²) >= 11 is 1.30. The molecule has 1 heterocycles. The van der Waals surface area contributed by atoms with Gasteiger partial charge in [-0.1, -0.05) is 0 Å². The SMILES string of the molecule is COC(=O)c1sccc1C(CN)CO. The molecular weight excluding hydrogens is 202 g/mol. The van der Waals surface area contributed by atoms with Gasteiger partial charge >= 0.3 is 5.97 Å². The van der Waals surface area contributed by atoms with Crippen molar-refractivity contribution in [3.05, 3.63) is 21.9 Å². The smallest absolute Gasteiger partial charge is 0.348 e. The number of hydrogen-bond acceptors (Lipinski definition) is 5. The molecule has 0 aliphatic heterocycles. The summed E-state index contributed by atoms with van der Waals surface area (Å²) in [5.41, 5.74) is 6.25. The molecule has 1 aromatic rings. The number of hydrogen-bond donors (Lipinski definition) is 2. The van der Waals surface area contributed by atoms with Gasteiger partial charge in [0.05, 0.1) is 13.7 Å². The van der Waals surface area contributed by atoms with E-state index in [1.807, 2.05) is 0 Å². The molecule has 0 saturated heterocycles. The second-order valence-corrected chi connectivity index (χ2v) is 3.73. The summed E-state index contributed by atoms with van der Waals surface area (Å²) in [5, 5.41) is 10.8. The Balaban J connectivity index is 2.96. The molecule has 0 saturated carbocycles. The fraction of sp³-hybridized carbons (Fsp3) is 0.444. The molecule has 0 amide bonds.